The van der Waals surface area contributed by atoms with Gasteiger partial charge in [-0.25, -0.2) is 0 Å². The van der Waals surface area contributed by atoms with E-state index in [4.69, 9.17) is 4.74 Å². The molecule has 4 fully saturated rings. The fourth-order valence-electron chi connectivity index (χ4n) is 7.44. The third-order valence-electron chi connectivity index (χ3n) is 9.08. The van der Waals surface area contributed by atoms with Crippen molar-refractivity contribution in [3.63, 3.8) is 0 Å². The molecule has 0 radical (unpaired) electrons. The molecule has 3 aliphatic carbocycles. The number of allylic oxidation sites excluding steroid dienone is 3. The molecule has 4 nitrogen and oxygen atoms in total. The van der Waals surface area contributed by atoms with Crippen LogP contribution in [0.5, 0.6) is 0 Å². The fraction of sp³-hybridized carbons (Fsp3) is 0.786. The van der Waals surface area contributed by atoms with Crippen LogP contribution in [0.4, 0.5) is 0 Å². The summed E-state index contributed by atoms with van der Waals surface area (Å²) in [5.74, 6) is 2.15. The lowest BCUT2D eigenvalue weighted by Crippen LogP contribution is -2.50. The molecular weight excluding hydrogens is 398 g/mol. The van der Waals surface area contributed by atoms with Gasteiger partial charge in [0.25, 0.3) is 0 Å². The Morgan fingerprint density at radius 2 is 1.88 bits per heavy atom. The molecule has 6 atom stereocenters. The zero-order valence-corrected chi connectivity index (χ0v) is 20.8. The zero-order valence-electron chi connectivity index (χ0n) is 20.8. The summed E-state index contributed by atoms with van der Waals surface area (Å²) in [5.41, 5.74) is 3.68. The lowest BCUT2D eigenvalue weighted by atomic mass is 9.61. The highest BCUT2D eigenvalue weighted by Gasteiger charge is 2.50. The summed E-state index contributed by atoms with van der Waals surface area (Å²) in [6.45, 7) is 17.4. The van der Waals surface area contributed by atoms with Crippen LogP contribution in [0.25, 0.3) is 0 Å². The molecule has 180 valence electrons. The second kappa shape index (κ2) is 9.37. The van der Waals surface area contributed by atoms with Crippen LogP contribution in [-0.2, 0) is 4.74 Å². The third kappa shape index (κ3) is 4.94. The Labute approximate surface area is 195 Å². The van der Waals surface area contributed by atoms with E-state index in [9.17, 15) is 10.2 Å². The van der Waals surface area contributed by atoms with Gasteiger partial charge in [-0.1, -0.05) is 43.7 Å². The molecule has 0 spiro atoms. The van der Waals surface area contributed by atoms with Gasteiger partial charge in [0.15, 0.2) is 0 Å². The first kappa shape index (κ1) is 24.2. The molecule has 4 rings (SSSR count). The Kier molecular flexibility index (Phi) is 7.08. The minimum Gasteiger partial charge on any atom is -0.388 e. The van der Waals surface area contributed by atoms with Crippen molar-refractivity contribution in [2.75, 3.05) is 26.2 Å². The van der Waals surface area contributed by atoms with Crippen LogP contribution < -0.4 is 0 Å². The van der Waals surface area contributed by atoms with Crippen molar-refractivity contribution in [1.29, 1.82) is 0 Å². The highest BCUT2D eigenvalue weighted by atomic mass is 16.5. The van der Waals surface area contributed by atoms with E-state index in [1.54, 1.807) is 5.57 Å². The summed E-state index contributed by atoms with van der Waals surface area (Å²) in [6, 6.07) is 0. The number of aliphatic hydroxyl groups is 2. The Hall–Kier alpha value is -0.940. The molecule has 0 amide bonds. The van der Waals surface area contributed by atoms with Gasteiger partial charge in [0, 0.05) is 19.6 Å². The van der Waals surface area contributed by atoms with E-state index in [1.807, 2.05) is 0 Å². The summed E-state index contributed by atoms with van der Waals surface area (Å²) < 4.78 is 5.93. The lowest BCUT2D eigenvalue weighted by Gasteiger charge is -2.46. The van der Waals surface area contributed by atoms with Crippen LogP contribution in [0.2, 0.25) is 0 Å². The lowest BCUT2D eigenvalue weighted by molar-refractivity contribution is -0.0917. The number of rotatable bonds is 4. The van der Waals surface area contributed by atoms with E-state index in [0.717, 1.165) is 31.2 Å². The smallest absolute Gasteiger partial charge is 0.0809 e. The molecule has 4 heteroatoms. The van der Waals surface area contributed by atoms with E-state index in [2.05, 4.69) is 51.3 Å². The third-order valence-corrected chi connectivity index (χ3v) is 9.08. The highest BCUT2D eigenvalue weighted by molar-refractivity contribution is 5.29. The van der Waals surface area contributed by atoms with Crippen LogP contribution >= 0.6 is 0 Å². The SMILES string of the molecule is C=C1[C@H](O)CC(=C/C=C2\CCC[C@]3(C)[C@@H]([C@H](C)CN4CCOC(C)(C)C4)CC[C@@H]23)C[C@H]1O. The van der Waals surface area contributed by atoms with Crippen molar-refractivity contribution in [1.82, 2.24) is 4.90 Å². The number of morpholine rings is 1. The quantitative estimate of drug-likeness (QED) is 0.609. The van der Waals surface area contributed by atoms with Gasteiger partial charge < -0.3 is 14.9 Å². The van der Waals surface area contributed by atoms with E-state index in [-0.39, 0.29) is 5.60 Å². The molecule has 0 aromatic carbocycles. The first-order valence-electron chi connectivity index (χ1n) is 12.9. The Bertz CT molecular complexity index is 753. The predicted octanol–water partition coefficient (Wildman–Crippen LogP) is 4.87. The zero-order chi connectivity index (χ0) is 23.1. The standard InChI is InChI=1S/C28H45NO3/c1-19(17-29-13-14-32-27(3,4)18-29)23-10-11-24-22(7-6-12-28(23,24)5)9-8-21-15-25(30)20(2)26(31)16-21/h8-9,19,23-26,30-31H,2,6-7,10-18H2,1,3-5H3/b22-9+/t19-,23-,24+,25-,26-,28-/m1/s1. The molecule has 0 aromatic rings. The van der Waals surface area contributed by atoms with Crippen molar-refractivity contribution in [3.05, 3.63) is 35.5 Å². The monoisotopic (exact) mass is 443 g/mol. The summed E-state index contributed by atoms with van der Waals surface area (Å²) in [6.07, 6.45) is 11.0. The predicted molar refractivity (Wildman–Crippen MR) is 130 cm³/mol. The molecule has 0 bridgehead atoms. The molecule has 1 aliphatic heterocycles. The Morgan fingerprint density at radius 3 is 2.56 bits per heavy atom. The molecule has 2 N–H and O–H groups in total. The maximum absolute atomic E-state index is 10.2. The number of ether oxygens (including phenoxy) is 1. The van der Waals surface area contributed by atoms with Gasteiger partial charge in [0.05, 0.1) is 24.4 Å². The molecule has 1 saturated heterocycles. The molecular formula is C28H45NO3. The summed E-state index contributed by atoms with van der Waals surface area (Å²) >= 11 is 0. The normalized spacial score (nSPS) is 40.4. The van der Waals surface area contributed by atoms with Gasteiger partial charge in [-0.15, -0.1) is 0 Å². The van der Waals surface area contributed by atoms with Crippen LogP contribution in [-0.4, -0.2) is 59.2 Å². The van der Waals surface area contributed by atoms with Crippen molar-refractivity contribution in [3.8, 4) is 0 Å². The van der Waals surface area contributed by atoms with Gasteiger partial charge in [-0.05, 0) is 87.5 Å². The molecule has 4 aliphatic rings. The largest absolute Gasteiger partial charge is 0.388 e. The van der Waals surface area contributed by atoms with Crippen LogP contribution in [0.3, 0.4) is 0 Å². The maximum atomic E-state index is 10.2. The van der Waals surface area contributed by atoms with Gasteiger partial charge in [0.1, 0.15) is 0 Å². The van der Waals surface area contributed by atoms with E-state index >= 15 is 0 Å². The number of hydrogen-bond donors (Lipinski definition) is 2. The molecule has 1 heterocycles. The van der Waals surface area contributed by atoms with E-state index in [0.29, 0.717) is 35.7 Å². The maximum Gasteiger partial charge on any atom is 0.0809 e. The van der Waals surface area contributed by atoms with Crippen LogP contribution in [0.1, 0.15) is 72.6 Å². The number of aliphatic hydroxyl groups excluding tert-OH is 2. The second-order valence-electron chi connectivity index (χ2n) is 12.0. The Balaban J connectivity index is 1.44. The van der Waals surface area contributed by atoms with Crippen molar-refractivity contribution >= 4 is 0 Å². The molecule has 3 saturated carbocycles. The Morgan fingerprint density at radius 1 is 1.16 bits per heavy atom. The second-order valence-corrected chi connectivity index (χ2v) is 12.0. The summed E-state index contributed by atoms with van der Waals surface area (Å²) in [5, 5.41) is 20.4. The highest BCUT2D eigenvalue weighted by Crippen LogP contribution is 2.59. The van der Waals surface area contributed by atoms with Crippen molar-refractivity contribution < 1.29 is 14.9 Å². The average Bonchev–Trinajstić information content (AvgIpc) is 3.07. The number of hydrogen-bond acceptors (Lipinski definition) is 4. The average molecular weight is 444 g/mol. The first-order valence-corrected chi connectivity index (χ1v) is 12.9. The van der Waals surface area contributed by atoms with Gasteiger partial charge in [-0.2, -0.15) is 0 Å². The van der Waals surface area contributed by atoms with Gasteiger partial charge >= 0.3 is 0 Å². The summed E-state index contributed by atoms with van der Waals surface area (Å²) in [4.78, 5) is 2.63. The van der Waals surface area contributed by atoms with Crippen LogP contribution in [0.15, 0.2) is 35.5 Å². The minimum atomic E-state index is -0.609. The molecule has 0 aromatic heterocycles. The fourth-order valence-corrected chi connectivity index (χ4v) is 7.44. The minimum absolute atomic E-state index is 0.0268. The molecule has 0 unspecified atom stereocenters. The van der Waals surface area contributed by atoms with Gasteiger partial charge in [0.2, 0.25) is 0 Å². The number of nitrogens with zero attached hydrogens (tertiary/aromatic N) is 1. The van der Waals surface area contributed by atoms with Gasteiger partial charge in [-0.3, -0.25) is 4.90 Å². The van der Waals surface area contributed by atoms with Crippen LogP contribution in [0, 0.1) is 23.2 Å². The topological polar surface area (TPSA) is 52.9 Å². The van der Waals surface area contributed by atoms with Crippen molar-refractivity contribution in [2.24, 2.45) is 23.2 Å². The van der Waals surface area contributed by atoms with Crippen molar-refractivity contribution in [2.45, 2.75) is 90.4 Å². The first-order chi connectivity index (χ1) is 15.1. The number of fused-ring (bicyclic) bond motifs is 1. The van der Waals surface area contributed by atoms with E-state index < -0.39 is 12.2 Å². The molecule has 32 heavy (non-hydrogen) atoms. The van der Waals surface area contributed by atoms with E-state index in [1.165, 1.54) is 38.6 Å². The summed E-state index contributed by atoms with van der Waals surface area (Å²) in [7, 11) is 0.